The normalized spacial score (nSPS) is 10.2. The van der Waals surface area contributed by atoms with E-state index in [0.717, 1.165) is 9.79 Å². The Labute approximate surface area is 179 Å². The van der Waals surface area contributed by atoms with Crippen LogP contribution in [0.2, 0.25) is 0 Å². The van der Waals surface area contributed by atoms with Crippen molar-refractivity contribution in [3.05, 3.63) is 78.4 Å². The summed E-state index contributed by atoms with van der Waals surface area (Å²) in [7, 11) is 2.95. The average Bonchev–Trinajstić information content (AvgIpc) is 2.79. The number of hydrogen-bond donors (Lipinski definition) is 1. The number of para-hydroxylation sites is 1. The number of esters is 1. The minimum absolute atomic E-state index is 0.185. The molecule has 154 valence electrons. The summed E-state index contributed by atoms with van der Waals surface area (Å²) >= 11 is 1.53. The van der Waals surface area contributed by atoms with Gasteiger partial charge in [-0.3, -0.25) is 4.79 Å². The molecule has 0 radical (unpaired) electrons. The lowest BCUT2D eigenvalue weighted by Crippen LogP contribution is -2.21. The van der Waals surface area contributed by atoms with Gasteiger partial charge in [0.2, 0.25) is 0 Å². The highest BCUT2D eigenvalue weighted by Crippen LogP contribution is 2.33. The maximum absolute atomic E-state index is 12.4. The number of rotatable bonds is 8. The van der Waals surface area contributed by atoms with Gasteiger partial charge in [-0.05, 0) is 42.5 Å². The maximum Gasteiger partial charge on any atom is 0.342 e. The van der Waals surface area contributed by atoms with E-state index < -0.39 is 18.5 Å². The molecule has 7 heteroatoms. The van der Waals surface area contributed by atoms with E-state index in [2.05, 4.69) is 5.32 Å². The van der Waals surface area contributed by atoms with Gasteiger partial charge in [0, 0.05) is 9.79 Å². The van der Waals surface area contributed by atoms with Crippen molar-refractivity contribution in [3.63, 3.8) is 0 Å². The lowest BCUT2D eigenvalue weighted by molar-refractivity contribution is -0.119. The third-order valence-corrected chi connectivity index (χ3v) is 5.18. The van der Waals surface area contributed by atoms with Crippen LogP contribution in [0, 0.1) is 0 Å². The van der Waals surface area contributed by atoms with Gasteiger partial charge in [0.1, 0.15) is 17.1 Å². The number of carbonyl (C=O) groups excluding carboxylic acids is 2. The Morgan fingerprint density at radius 1 is 0.900 bits per heavy atom. The highest BCUT2D eigenvalue weighted by atomic mass is 32.2. The topological polar surface area (TPSA) is 73.9 Å². The highest BCUT2D eigenvalue weighted by Gasteiger charge is 2.17. The molecule has 0 atom stereocenters. The van der Waals surface area contributed by atoms with Crippen molar-refractivity contribution in [1.29, 1.82) is 0 Å². The molecule has 0 heterocycles. The molecule has 0 saturated heterocycles. The van der Waals surface area contributed by atoms with Gasteiger partial charge in [0.25, 0.3) is 5.91 Å². The summed E-state index contributed by atoms with van der Waals surface area (Å²) in [5.74, 6) is -0.288. The van der Waals surface area contributed by atoms with Gasteiger partial charge in [-0.2, -0.15) is 0 Å². The van der Waals surface area contributed by atoms with Crippen LogP contribution in [0.1, 0.15) is 10.4 Å². The molecule has 0 fully saturated rings. The van der Waals surface area contributed by atoms with E-state index in [1.807, 2.05) is 48.5 Å². The first-order valence-electron chi connectivity index (χ1n) is 9.11. The monoisotopic (exact) mass is 423 g/mol. The maximum atomic E-state index is 12.4. The molecule has 0 saturated carbocycles. The second-order valence-electron chi connectivity index (χ2n) is 6.10. The minimum atomic E-state index is -0.673. The molecule has 0 aromatic heterocycles. The quantitative estimate of drug-likeness (QED) is 0.532. The first kappa shape index (κ1) is 21.3. The fourth-order valence-corrected chi connectivity index (χ4v) is 3.57. The summed E-state index contributed by atoms with van der Waals surface area (Å²) < 4.78 is 15.5. The molecule has 3 rings (SSSR count). The zero-order chi connectivity index (χ0) is 21.3. The third-order valence-electron chi connectivity index (χ3n) is 4.09. The second-order valence-corrected chi connectivity index (χ2v) is 7.22. The molecule has 1 amide bonds. The van der Waals surface area contributed by atoms with E-state index >= 15 is 0 Å². The van der Waals surface area contributed by atoms with Crippen LogP contribution in [-0.2, 0) is 9.53 Å². The van der Waals surface area contributed by atoms with Crippen LogP contribution in [0.5, 0.6) is 11.5 Å². The number of methoxy groups -OCH3 is 2. The molecule has 0 aliphatic heterocycles. The van der Waals surface area contributed by atoms with Crippen molar-refractivity contribution in [1.82, 2.24) is 0 Å². The zero-order valence-electron chi connectivity index (χ0n) is 16.6. The molecular formula is C23H21NO5S. The van der Waals surface area contributed by atoms with Crippen LogP contribution < -0.4 is 14.8 Å². The number of carbonyl (C=O) groups is 2. The first-order chi connectivity index (χ1) is 14.6. The van der Waals surface area contributed by atoms with E-state index in [9.17, 15) is 9.59 Å². The van der Waals surface area contributed by atoms with Crippen LogP contribution in [0.4, 0.5) is 5.69 Å². The van der Waals surface area contributed by atoms with Crippen molar-refractivity contribution in [3.8, 4) is 11.5 Å². The summed E-state index contributed by atoms with van der Waals surface area (Å²) in [4.78, 5) is 26.7. The van der Waals surface area contributed by atoms with Crippen molar-refractivity contribution < 1.29 is 23.8 Å². The fourth-order valence-electron chi connectivity index (χ4n) is 2.64. The van der Waals surface area contributed by atoms with Crippen LogP contribution in [-0.4, -0.2) is 32.7 Å². The van der Waals surface area contributed by atoms with Gasteiger partial charge in [-0.15, -0.1) is 0 Å². The standard InChI is InChI=1S/C23H21NO5S/c1-27-16-12-13-20(28-2)18(14-16)23(26)29-15-22(25)24-19-10-6-7-11-21(19)30-17-8-4-3-5-9-17/h3-14H,15H2,1-2H3,(H,24,25). The molecule has 0 aliphatic rings. The summed E-state index contributed by atoms with van der Waals surface area (Å²) in [6.45, 7) is -0.427. The number of nitrogens with one attached hydrogen (secondary N) is 1. The Hall–Kier alpha value is -3.45. The van der Waals surface area contributed by atoms with E-state index in [0.29, 0.717) is 17.2 Å². The second kappa shape index (κ2) is 10.4. The number of hydrogen-bond acceptors (Lipinski definition) is 6. The number of benzene rings is 3. The Balaban J connectivity index is 1.64. The average molecular weight is 423 g/mol. The van der Waals surface area contributed by atoms with Crippen molar-refractivity contribution in [2.45, 2.75) is 9.79 Å². The van der Waals surface area contributed by atoms with Gasteiger partial charge in [0.05, 0.1) is 19.9 Å². The Bertz CT molecular complexity index is 1020. The highest BCUT2D eigenvalue weighted by molar-refractivity contribution is 7.99. The number of ether oxygens (including phenoxy) is 3. The number of anilines is 1. The van der Waals surface area contributed by atoms with Gasteiger partial charge < -0.3 is 19.5 Å². The number of amides is 1. The summed E-state index contributed by atoms with van der Waals surface area (Å²) in [5, 5.41) is 2.80. The molecule has 0 unspecified atom stereocenters. The summed E-state index contributed by atoms with van der Waals surface area (Å²) in [6.07, 6.45) is 0. The SMILES string of the molecule is COc1ccc(OC)c(C(=O)OCC(=O)Nc2ccccc2Sc2ccccc2)c1. The fraction of sp³-hybridized carbons (Fsp3) is 0.130. The van der Waals surface area contributed by atoms with E-state index in [1.165, 1.54) is 32.0 Å². The smallest absolute Gasteiger partial charge is 0.342 e. The van der Waals surface area contributed by atoms with Crippen molar-refractivity contribution >= 4 is 29.3 Å². The predicted molar refractivity (Wildman–Crippen MR) is 115 cm³/mol. The third kappa shape index (κ3) is 5.55. The van der Waals surface area contributed by atoms with Crippen LogP contribution in [0.15, 0.2) is 82.6 Å². The Morgan fingerprint density at radius 2 is 1.63 bits per heavy atom. The largest absolute Gasteiger partial charge is 0.497 e. The van der Waals surface area contributed by atoms with Gasteiger partial charge in [0.15, 0.2) is 6.61 Å². The van der Waals surface area contributed by atoms with E-state index in [-0.39, 0.29) is 5.56 Å². The predicted octanol–water partition coefficient (Wildman–Crippen LogP) is 4.65. The van der Waals surface area contributed by atoms with Crippen molar-refractivity contribution in [2.24, 2.45) is 0 Å². The van der Waals surface area contributed by atoms with Gasteiger partial charge in [-0.1, -0.05) is 42.1 Å². The molecule has 6 nitrogen and oxygen atoms in total. The molecule has 30 heavy (non-hydrogen) atoms. The lowest BCUT2D eigenvalue weighted by Gasteiger charge is -2.12. The van der Waals surface area contributed by atoms with Gasteiger partial charge >= 0.3 is 5.97 Å². The molecule has 1 N–H and O–H groups in total. The molecular weight excluding hydrogens is 402 g/mol. The molecule has 3 aromatic rings. The Morgan fingerprint density at radius 3 is 2.37 bits per heavy atom. The lowest BCUT2D eigenvalue weighted by atomic mass is 10.2. The van der Waals surface area contributed by atoms with Crippen LogP contribution >= 0.6 is 11.8 Å². The van der Waals surface area contributed by atoms with Crippen LogP contribution in [0.25, 0.3) is 0 Å². The van der Waals surface area contributed by atoms with E-state index in [4.69, 9.17) is 14.2 Å². The van der Waals surface area contributed by atoms with Crippen LogP contribution in [0.3, 0.4) is 0 Å². The summed E-state index contributed by atoms with van der Waals surface area (Å²) in [5.41, 5.74) is 0.830. The Kier molecular flexibility index (Phi) is 7.34. The molecule has 0 spiro atoms. The zero-order valence-corrected chi connectivity index (χ0v) is 17.4. The first-order valence-corrected chi connectivity index (χ1v) is 9.93. The van der Waals surface area contributed by atoms with Gasteiger partial charge in [-0.25, -0.2) is 4.79 Å². The van der Waals surface area contributed by atoms with Crippen molar-refractivity contribution in [2.75, 3.05) is 26.1 Å². The van der Waals surface area contributed by atoms with E-state index in [1.54, 1.807) is 18.2 Å². The molecule has 0 aliphatic carbocycles. The molecule has 3 aromatic carbocycles. The molecule has 0 bridgehead atoms. The minimum Gasteiger partial charge on any atom is -0.497 e. The summed E-state index contributed by atoms with van der Waals surface area (Å²) in [6, 6.07) is 22.1.